The number of benzene rings is 1. The molecule has 1 amide bonds. The summed E-state index contributed by atoms with van der Waals surface area (Å²) in [7, 11) is 0. The Morgan fingerprint density at radius 1 is 1.47 bits per heavy atom. The molecule has 0 aromatic heterocycles. The Morgan fingerprint density at radius 3 is 2.73 bits per heavy atom. The molecule has 4 nitrogen and oxygen atoms in total. The second-order valence-corrected chi connectivity index (χ2v) is 4.06. The standard InChI is InChI=1S/C10H10BrNO3/c11-12(10(13)14)8-3-1-2-4-9(8)15-7-5-6-7/h1-4,7H,5-6H2,(H,13,14). The van der Waals surface area contributed by atoms with Gasteiger partial charge in [-0.05, 0) is 25.0 Å². The van der Waals surface area contributed by atoms with Gasteiger partial charge in [0, 0.05) is 0 Å². The molecule has 0 spiro atoms. The van der Waals surface area contributed by atoms with Crippen molar-refractivity contribution in [2.75, 3.05) is 3.93 Å². The Hall–Kier alpha value is -1.23. The van der Waals surface area contributed by atoms with E-state index in [1.807, 2.05) is 6.07 Å². The monoisotopic (exact) mass is 271 g/mol. The summed E-state index contributed by atoms with van der Waals surface area (Å²) in [4.78, 5) is 10.8. The number of nitrogens with zero attached hydrogens (tertiary/aromatic N) is 1. The average Bonchev–Trinajstić information content (AvgIpc) is 3.01. The molecule has 1 N–H and O–H groups in total. The van der Waals surface area contributed by atoms with Gasteiger partial charge in [0.15, 0.2) is 0 Å². The summed E-state index contributed by atoms with van der Waals surface area (Å²) in [6.07, 6.45) is 1.27. The zero-order valence-electron chi connectivity index (χ0n) is 7.89. The normalized spacial score (nSPS) is 14.7. The predicted octanol–water partition coefficient (Wildman–Crippen LogP) is 3.02. The smallest absolute Gasteiger partial charge is 0.422 e. The summed E-state index contributed by atoms with van der Waals surface area (Å²) in [5.74, 6) is 0.597. The summed E-state index contributed by atoms with van der Waals surface area (Å²) in [6.45, 7) is 0. The lowest BCUT2D eigenvalue weighted by atomic mass is 10.3. The minimum atomic E-state index is -1.07. The van der Waals surface area contributed by atoms with Crippen molar-refractivity contribution in [2.24, 2.45) is 0 Å². The molecule has 0 bridgehead atoms. The molecule has 1 aliphatic rings. The molecule has 1 aromatic rings. The Balaban J connectivity index is 2.23. The Morgan fingerprint density at radius 2 is 2.13 bits per heavy atom. The van der Waals surface area contributed by atoms with Gasteiger partial charge >= 0.3 is 6.09 Å². The fraction of sp³-hybridized carbons (Fsp3) is 0.300. The van der Waals surface area contributed by atoms with E-state index < -0.39 is 6.09 Å². The van der Waals surface area contributed by atoms with Crippen LogP contribution in [0.1, 0.15) is 12.8 Å². The number of halogens is 1. The lowest BCUT2D eigenvalue weighted by Crippen LogP contribution is -2.18. The molecule has 0 aliphatic heterocycles. The number of carbonyl (C=O) groups is 1. The summed E-state index contributed by atoms with van der Waals surface area (Å²) in [5.41, 5.74) is 0.511. The van der Waals surface area contributed by atoms with Crippen LogP contribution >= 0.6 is 16.1 Å². The van der Waals surface area contributed by atoms with Crippen LogP contribution in [0, 0.1) is 0 Å². The van der Waals surface area contributed by atoms with Crippen molar-refractivity contribution in [3.63, 3.8) is 0 Å². The zero-order valence-corrected chi connectivity index (χ0v) is 9.48. The maximum atomic E-state index is 10.8. The van der Waals surface area contributed by atoms with Crippen molar-refractivity contribution in [1.82, 2.24) is 0 Å². The number of rotatable bonds is 3. The van der Waals surface area contributed by atoms with Crippen molar-refractivity contribution >= 4 is 27.9 Å². The Labute approximate surface area is 95.8 Å². The summed E-state index contributed by atoms with van der Waals surface area (Å²) in [6, 6.07) is 7.06. The van der Waals surface area contributed by atoms with Crippen LogP contribution in [0.5, 0.6) is 5.75 Å². The second-order valence-electron chi connectivity index (χ2n) is 3.35. The van der Waals surface area contributed by atoms with Crippen molar-refractivity contribution in [3.8, 4) is 5.75 Å². The van der Waals surface area contributed by atoms with E-state index in [0.29, 0.717) is 11.4 Å². The number of para-hydroxylation sites is 2. The highest BCUT2D eigenvalue weighted by atomic mass is 79.9. The molecule has 5 heteroatoms. The molecule has 0 radical (unpaired) electrons. The van der Waals surface area contributed by atoms with E-state index >= 15 is 0 Å². The van der Waals surface area contributed by atoms with Gasteiger partial charge in [0.1, 0.15) is 11.4 Å². The topological polar surface area (TPSA) is 49.8 Å². The minimum absolute atomic E-state index is 0.251. The first-order chi connectivity index (χ1) is 7.18. The molecule has 1 aliphatic carbocycles. The number of ether oxygens (including phenoxy) is 1. The number of amides is 1. The van der Waals surface area contributed by atoms with Crippen LogP contribution in [0.4, 0.5) is 10.5 Å². The molecule has 0 saturated heterocycles. The van der Waals surface area contributed by atoms with Gasteiger partial charge in [-0.25, -0.2) is 8.72 Å². The van der Waals surface area contributed by atoms with E-state index in [9.17, 15) is 4.79 Å². The SMILES string of the molecule is O=C(O)N(Br)c1ccccc1OC1CC1. The Bertz CT molecular complexity index is 379. The van der Waals surface area contributed by atoms with Gasteiger partial charge in [0.05, 0.1) is 22.3 Å². The molecular formula is C10H10BrNO3. The summed E-state index contributed by atoms with van der Waals surface area (Å²) >= 11 is 2.97. The largest absolute Gasteiger partial charge is 0.488 e. The minimum Gasteiger partial charge on any atom is -0.488 e. The van der Waals surface area contributed by atoms with E-state index in [1.165, 1.54) is 0 Å². The van der Waals surface area contributed by atoms with Gasteiger partial charge in [-0.1, -0.05) is 12.1 Å². The molecule has 1 fully saturated rings. The van der Waals surface area contributed by atoms with Gasteiger partial charge in [-0.3, -0.25) is 0 Å². The maximum Gasteiger partial charge on any atom is 0.422 e. The summed E-state index contributed by atoms with van der Waals surface area (Å²) in [5, 5.41) is 8.83. The van der Waals surface area contributed by atoms with Crippen LogP contribution in [0.2, 0.25) is 0 Å². The summed E-state index contributed by atoms with van der Waals surface area (Å²) < 4.78 is 6.57. The van der Waals surface area contributed by atoms with E-state index in [2.05, 4.69) is 16.1 Å². The molecular weight excluding hydrogens is 262 g/mol. The van der Waals surface area contributed by atoms with Crippen LogP contribution < -0.4 is 8.66 Å². The number of carboxylic acid groups (broad SMARTS) is 1. The molecule has 0 unspecified atom stereocenters. The molecule has 2 rings (SSSR count). The lowest BCUT2D eigenvalue weighted by Gasteiger charge is -2.15. The number of anilines is 1. The van der Waals surface area contributed by atoms with Crippen molar-refractivity contribution in [2.45, 2.75) is 18.9 Å². The number of hydrogen-bond acceptors (Lipinski definition) is 2. The van der Waals surface area contributed by atoms with E-state index in [4.69, 9.17) is 9.84 Å². The highest BCUT2D eigenvalue weighted by molar-refractivity contribution is 9.10. The zero-order chi connectivity index (χ0) is 10.8. The van der Waals surface area contributed by atoms with Crippen molar-refractivity contribution in [3.05, 3.63) is 24.3 Å². The van der Waals surface area contributed by atoms with Gasteiger partial charge in [-0.2, -0.15) is 0 Å². The third-order valence-electron chi connectivity index (χ3n) is 2.06. The van der Waals surface area contributed by atoms with E-state index in [0.717, 1.165) is 16.8 Å². The first-order valence-corrected chi connectivity index (χ1v) is 5.34. The van der Waals surface area contributed by atoms with Gasteiger partial charge < -0.3 is 9.84 Å². The average molecular weight is 272 g/mol. The Kier molecular flexibility index (Phi) is 2.81. The number of hydrogen-bond donors (Lipinski definition) is 1. The van der Waals surface area contributed by atoms with E-state index in [-0.39, 0.29) is 6.10 Å². The van der Waals surface area contributed by atoms with Crippen LogP contribution in [0.15, 0.2) is 24.3 Å². The van der Waals surface area contributed by atoms with Gasteiger partial charge in [-0.15, -0.1) is 0 Å². The highest BCUT2D eigenvalue weighted by Crippen LogP contribution is 2.35. The molecule has 0 atom stereocenters. The lowest BCUT2D eigenvalue weighted by molar-refractivity contribution is 0.206. The fourth-order valence-electron chi connectivity index (χ4n) is 1.19. The van der Waals surface area contributed by atoms with Crippen LogP contribution in [-0.2, 0) is 0 Å². The molecule has 15 heavy (non-hydrogen) atoms. The fourth-order valence-corrected chi connectivity index (χ4v) is 1.48. The quantitative estimate of drug-likeness (QED) is 0.860. The van der Waals surface area contributed by atoms with Crippen molar-refractivity contribution < 1.29 is 14.6 Å². The van der Waals surface area contributed by atoms with E-state index in [1.54, 1.807) is 18.2 Å². The highest BCUT2D eigenvalue weighted by Gasteiger charge is 2.26. The van der Waals surface area contributed by atoms with Gasteiger partial charge in [0.2, 0.25) is 0 Å². The first kappa shape index (κ1) is 10.3. The second kappa shape index (κ2) is 4.10. The molecule has 1 aromatic carbocycles. The van der Waals surface area contributed by atoms with Gasteiger partial charge in [0.25, 0.3) is 0 Å². The molecule has 80 valence electrons. The van der Waals surface area contributed by atoms with Crippen molar-refractivity contribution in [1.29, 1.82) is 0 Å². The molecule has 0 heterocycles. The van der Waals surface area contributed by atoms with Crippen LogP contribution in [0.3, 0.4) is 0 Å². The van der Waals surface area contributed by atoms with Crippen LogP contribution in [-0.4, -0.2) is 17.3 Å². The molecule has 1 saturated carbocycles. The first-order valence-electron chi connectivity index (χ1n) is 4.63. The maximum absolute atomic E-state index is 10.8. The van der Waals surface area contributed by atoms with Crippen LogP contribution in [0.25, 0.3) is 0 Å². The third kappa shape index (κ3) is 2.41. The third-order valence-corrected chi connectivity index (χ3v) is 2.75. The predicted molar refractivity (Wildman–Crippen MR) is 59.5 cm³/mol.